The van der Waals surface area contributed by atoms with Crippen LogP contribution >= 0.6 is 11.6 Å². The number of halogens is 1. The minimum atomic E-state index is -4.19. The van der Waals surface area contributed by atoms with Gasteiger partial charge in [0, 0.05) is 24.5 Å². The number of hydrogen-bond donors (Lipinski definition) is 1. The SMILES string of the molecule is CCCCNC(=O)[C@@H](Cc1ccccc1)N(Cc1ccccc1C)C(=O)CN(c1cccc(C)c1)S(=O)(=O)c1ccc(Cl)cc1. The van der Waals surface area contributed by atoms with Gasteiger partial charge in [0.05, 0.1) is 10.6 Å². The highest BCUT2D eigenvalue weighted by Gasteiger charge is 2.34. The Morgan fingerprint density at radius 2 is 1.56 bits per heavy atom. The van der Waals surface area contributed by atoms with Gasteiger partial charge in [0.25, 0.3) is 10.0 Å². The van der Waals surface area contributed by atoms with E-state index < -0.39 is 28.5 Å². The van der Waals surface area contributed by atoms with Crippen molar-refractivity contribution in [2.45, 2.75) is 57.5 Å². The molecule has 4 aromatic carbocycles. The number of carbonyl (C=O) groups is 2. The Balaban J connectivity index is 1.80. The molecule has 0 aromatic heterocycles. The van der Waals surface area contributed by atoms with Crippen molar-refractivity contribution in [2.24, 2.45) is 0 Å². The molecule has 0 unspecified atom stereocenters. The van der Waals surface area contributed by atoms with E-state index in [2.05, 4.69) is 5.32 Å². The van der Waals surface area contributed by atoms with Crippen LogP contribution in [0.2, 0.25) is 5.02 Å². The molecule has 0 saturated carbocycles. The first kappa shape index (κ1) is 33.7. The zero-order valence-corrected chi connectivity index (χ0v) is 27.5. The fourth-order valence-electron chi connectivity index (χ4n) is 5.08. The van der Waals surface area contributed by atoms with Gasteiger partial charge in [0.2, 0.25) is 11.8 Å². The molecule has 0 aliphatic rings. The summed E-state index contributed by atoms with van der Waals surface area (Å²) in [5.74, 6) is -0.777. The van der Waals surface area contributed by atoms with Crippen LogP contribution in [0.3, 0.4) is 0 Å². The molecule has 1 N–H and O–H groups in total. The van der Waals surface area contributed by atoms with Crippen molar-refractivity contribution in [1.29, 1.82) is 0 Å². The predicted molar refractivity (Wildman–Crippen MR) is 181 cm³/mol. The summed E-state index contributed by atoms with van der Waals surface area (Å²) < 4.78 is 29.4. The topological polar surface area (TPSA) is 86.8 Å². The van der Waals surface area contributed by atoms with E-state index in [9.17, 15) is 18.0 Å². The number of anilines is 1. The third-order valence-electron chi connectivity index (χ3n) is 7.67. The summed E-state index contributed by atoms with van der Waals surface area (Å²) in [6.45, 7) is 5.96. The second kappa shape index (κ2) is 15.7. The molecule has 0 radical (unpaired) electrons. The van der Waals surface area contributed by atoms with Gasteiger partial charge in [-0.05, 0) is 78.9 Å². The Morgan fingerprint density at radius 1 is 0.867 bits per heavy atom. The lowest BCUT2D eigenvalue weighted by molar-refractivity contribution is -0.140. The predicted octanol–water partition coefficient (Wildman–Crippen LogP) is 6.71. The van der Waals surface area contributed by atoms with Crippen LogP contribution < -0.4 is 9.62 Å². The molecule has 4 aromatic rings. The number of aryl methyl sites for hydroxylation is 2. The summed E-state index contributed by atoms with van der Waals surface area (Å²) in [6, 6.07) is 29.2. The van der Waals surface area contributed by atoms with Gasteiger partial charge in [-0.2, -0.15) is 0 Å². The highest BCUT2D eigenvalue weighted by Crippen LogP contribution is 2.27. The Labute approximate surface area is 271 Å². The molecule has 0 saturated heterocycles. The van der Waals surface area contributed by atoms with Gasteiger partial charge in [0.1, 0.15) is 12.6 Å². The number of unbranched alkanes of at least 4 members (excludes halogenated alkanes) is 1. The highest BCUT2D eigenvalue weighted by atomic mass is 35.5. The van der Waals surface area contributed by atoms with Gasteiger partial charge in [0.15, 0.2) is 0 Å². The molecule has 0 fully saturated rings. The molecule has 0 heterocycles. The van der Waals surface area contributed by atoms with E-state index in [4.69, 9.17) is 11.6 Å². The standard InChI is InChI=1S/C36H40ClN3O4S/c1-4-5-22-38-36(42)34(24-29-14-7-6-8-15-29)39(25-30-16-10-9-13-28(30)3)35(41)26-40(32-17-11-12-27(2)23-32)45(43,44)33-20-18-31(37)19-21-33/h6-21,23,34H,4-5,22,24-26H2,1-3H3,(H,38,42)/t34-/m1/s1. The average Bonchev–Trinajstić information content (AvgIpc) is 3.03. The van der Waals surface area contributed by atoms with Gasteiger partial charge in [-0.1, -0.05) is 91.7 Å². The molecule has 0 aliphatic heterocycles. The van der Waals surface area contributed by atoms with Crippen molar-refractivity contribution in [2.75, 3.05) is 17.4 Å². The van der Waals surface area contributed by atoms with E-state index in [1.165, 1.54) is 29.2 Å². The highest BCUT2D eigenvalue weighted by molar-refractivity contribution is 7.92. The van der Waals surface area contributed by atoms with Crippen LogP contribution in [0.1, 0.15) is 42.0 Å². The molecule has 1 atom stereocenters. The minimum Gasteiger partial charge on any atom is -0.354 e. The van der Waals surface area contributed by atoms with Crippen LogP contribution in [-0.2, 0) is 32.6 Å². The van der Waals surface area contributed by atoms with E-state index in [0.29, 0.717) is 17.3 Å². The van der Waals surface area contributed by atoms with Crippen LogP contribution in [0, 0.1) is 13.8 Å². The lowest BCUT2D eigenvalue weighted by Gasteiger charge is -2.34. The Morgan fingerprint density at radius 3 is 2.22 bits per heavy atom. The summed E-state index contributed by atoms with van der Waals surface area (Å²) in [5.41, 5.74) is 3.91. The Kier molecular flexibility index (Phi) is 11.8. The smallest absolute Gasteiger partial charge is 0.264 e. The van der Waals surface area contributed by atoms with Gasteiger partial charge >= 0.3 is 0 Å². The van der Waals surface area contributed by atoms with Crippen molar-refractivity contribution in [3.05, 3.63) is 130 Å². The van der Waals surface area contributed by atoms with E-state index in [-0.39, 0.29) is 23.8 Å². The largest absolute Gasteiger partial charge is 0.354 e. The van der Waals surface area contributed by atoms with Crippen molar-refractivity contribution in [3.8, 4) is 0 Å². The second-order valence-corrected chi connectivity index (χ2v) is 13.4. The normalized spacial score (nSPS) is 11.9. The lowest BCUT2D eigenvalue weighted by atomic mass is 10.0. The molecule has 45 heavy (non-hydrogen) atoms. The summed E-state index contributed by atoms with van der Waals surface area (Å²) in [4.78, 5) is 29.9. The van der Waals surface area contributed by atoms with E-state index in [1.54, 1.807) is 18.2 Å². The lowest BCUT2D eigenvalue weighted by Crippen LogP contribution is -2.53. The third kappa shape index (κ3) is 8.96. The van der Waals surface area contributed by atoms with Crippen molar-refractivity contribution in [3.63, 3.8) is 0 Å². The van der Waals surface area contributed by atoms with Crippen LogP contribution in [0.25, 0.3) is 0 Å². The van der Waals surface area contributed by atoms with Gasteiger partial charge in [-0.15, -0.1) is 0 Å². The van der Waals surface area contributed by atoms with Crippen molar-refractivity contribution < 1.29 is 18.0 Å². The number of carbonyl (C=O) groups excluding carboxylic acids is 2. The summed E-state index contributed by atoms with van der Waals surface area (Å²) >= 11 is 6.06. The van der Waals surface area contributed by atoms with Crippen molar-refractivity contribution >= 4 is 39.1 Å². The fraction of sp³-hybridized carbons (Fsp3) is 0.278. The number of nitrogens with zero attached hydrogens (tertiary/aromatic N) is 2. The zero-order valence-electron chi connectivity index (χ0n) is 25.9. The van der Waals surface area contributed by atoms with Crippen molar-refractivity contribution in [1.82, 2.24) is 10.2 Å². The Bertz CT molecular complexity index is 1700. The number of nitrogens with one attached hydrogen (secondary N) is 1. The first-order valence-electron chi connectivity index (χ1n) is 15.1. The molecular weight excluding hydrogens is 606 g/mol. The Hall–Kier alpha value is -4.14. The number of hydrogen-bond acceptors (Lipinski definition) is 4. The van der Waals surface area contributed by atoms with E-state index in [0.717, 1.165) is 39.4 Å². The molecule has 236 valence electrons. The summed E-state index contributed by atoms with van der Waals surface area (Å²) in [7, 11) is -4.19. The molecule has 2 amide bonds. The maximum absolute atomic E-state index is 14.5. The second-order valence-electron chi connectivity index (χ2n) is 11.1. The first-order valence-corrected chi connectivity index (χ1v) is 16.9. The monoisotopic (exact) mass is 645 g/mol. The molecule has 0 spiro atoms. The molecule has 0 aliphatic carbocycles. The number of amides is 2. The van der Waals surface area contributed by atoms with E-state index in [1.807, 2.05) is 81.4 Å². The van der Waals surface area contributed by atoms with Crippen LogP contribution in [0.5, 0.6) is 0 Å². The van der Waals surface area contributed by atoms with Crippen LogP contribution in [0.4, 0.5) is 5.69 Å². The number of benzene rings is 4. The number of rotatable bonds is 14. The quantitative estimate of drug-likeness (QED) is 0.155. The fourth-order valence-corrected chi connectivity index (χ4v) is 6.61. The minimum absolute atomic E-state index is 0.00445. The van der Waals surface area contributed by atoms with Crippen LogP contribution in [-0.4, -0.2) is 44.3 Å². The van der Waals surface area contributed by atoms with E-state index >= 15 is 0 Å². The summed E-state index contributed by atoms with van der Waals surface area (Å²) in [5, 5.41) is 3.41. The van der Waals surface area contributed by atoms with Gasteiger partial charge in [-0.3, -0.25) is 13.9 Å². The maximum Gasteiger partial charge on any atom is 0.264 e. The third-order valence-corrected chi connectivity index (χ3v) is 9.71. The van der Waals surface area contributed by atoms with Crippen LogP contribution in [0.15, 0.2) is 108 Å². The van der Waals surface area contributed by atoms with Gasteiger partial charge < -0.3 is 10.2 Å². The molecule has 7 nitrogen and oxygen atoms in total. The molecule has 4 rings (SSSR count). The zero-order chi connectivity index (χ0) is 32.4. The van der Waals surface area contributed by atoms with Gasteiger partial charge in [-0.25, -0.2) is 8.42 Å². The number of sulfonamides is 1. The maximum atomic E-state index is 14.5. The average molecular weight is 646 g/mol. The molecule has 0 bridgehead atoms. The first-order chi connectivity index (χ1) is 21.6. The summed E-state index contributed by atoms with van der Waals surface area (Å²) in [6.07, 6.45) is 1.98. The molecular formula is C36H40ClN3O4S. The molecule has 9 heteroatoms.